The Hall–Kier alpha value is -2.70. The molecular formula is C17H20N4O3. The van der Waals surface area contributed by atoms with Crippen molar-refractivity contribution in [3.05, 3.63) is 57.5 Å². The number of imidazole rings is 1. The molecule has 7 heteroatoms. The van der Waals surface area contributed by atoms with Crippen molar-refractivity contribution in [1.29, 1.82) is 0 Å². The summed E-state index contributed by atoms with van der Waals surface area (Å²) >= 11 is 0. The Morgan fingerprint density at radius 2 is 2.12 bits per heavy atom. The van der Waals surface area contributed by atoms with Crippen LogP contribution in [0.1, 0.15) is 42.5 Å². The molecular weight excluding hydrogens is 308 g/mol. The minimum atomic E-state index is -0.579. The van der Waals surface area contributed by atoms with Crippen molar-refractivity contribution in [3.8, 4) is 0 Å². The van der Waals surface area contributed by atoms with E-state index < -0.39 is 4.92 Å². The number of amides is 1. The van der Waals surface area contributed by atoms with Gasteiger partial charge in [-0.3, -0.25) is 4.79 Å². The molecule has 0 aliphatic heterocycles. The molecule has 1 aliphatic carbocycles. The van der Waals surface area contributed by atoms with Crippen LogP contribution in [0.4, 0.5) is 5.82 Å². The number of aromatic nitrogens is 2. The third-order valence-corrected chi connectivity index (χ3v) is 4.38. The van der Waals surface area contributed by atoms with Gasteiger partial charge < -0.3 is 20.0 Å². The van der Waals surface area contributed by atoms with Gasteiger partial charge in [0, 0.05) is 0 Å². The van der Waals surface area contributed by atoms with Crippen LogP contribution in [0.5, 0.6) is 0 Å². The Morgan fingerprint density at radius 1 is 1.38 bits per heavy atom. The average Bonchev–Trinajstić information content (AvgIpc) is 3.03. The fraction of sp³-hybridized carbons (Fsp3) is 0.412. The number of benzene rings is 1. The van der Waals surface area contributed by atoms with Gasteiger partial charge in [0.1, 0.15) is 12.7 Å². The van der Waals surface area contributed by atoms with E-state index in [9.17, 15) is 14.9 Å². The van der Waals surface area contributed by atoms with Gasteiger partial charge in [-0.1, -0.05) is 18.2 Å². The fourth-order valence-electron chi connectivity index (χ4n) is 3.09. The van der Waals surface area contributed by atoms with Crippen molar-refractivity contribution in [2.75, 3.05) is 0 Å². The fourth-order valence-corrected chi connectivity index (χ4v) is 3.09. The summed E-state index contributed by atoms with van der Waals surface area (Å²) in [6, 6.07) is 6.30. The van der Waals surface area contributed by atoms with Crippen molar-refractivity contribution in [2.24, 2.45) is 0 Å². The molecule has 0 bridgehead atoms. The molecule has 3 rings (SSSR count). The van der Waals surface area contributed by atoms with Gasteiger partial charge >= 0.3 is 5.82 Å². The molecule has 0 fully saturated rings. The molecule has 1 aromatic heterocycles. The molecule has 1 N–H and O–H groups in total. The number of hydrogen-bond acceptors (Lipinski definition) is 4. The highest BCUT2D eigenvalue weighted by Gasteiger charge is 2.16. The smallest absolute Gasteiger partial charge is 0.358 e. The summed E-state index contributed by atoms with van der Waals surface area (Å²) in [5.41, 5.74) is 3.87. The lowest BCUT2D eigenvalue weighted by molar-refractivity contribution is -0.389. The lowest BCUT2D eigenvalue weighted by atomic mass is 9.89. The van der Waals surface area contributed by atoms with Gasteiger partial charge in [0.15, 0.2) is 0 Å². The number of carbonyl (C=O) groups is 1. The molecule has 2 aromatic rings. The van der Waals surface area contributed by atoms with E-state index in [0.717, 1.165) is 18.4 Å². The summed E-state index contributed by atoms with van der Waals surface area (Å²) in [6.07, 6.45) is 7.25. The van der Waals surface area contributed by atoms with E-state index in [-0.39, 0.29) is 24.3 Å². The molecule has 24 heavy (non-hydrogen) atoms. The number of rotatable bonds is 5. The van der Waals surface area contributed by atoms with Crippen molar-refractivity contribution in [1.82, 2.24) is 14.9 Å². The maximum absolute atomic E-state index is 12.1. The Morgan fingerprint density at radius 3 is 2.83 bits per heavy atom. The summed E-state index contributed by atoms with van der Waals surface area (Å²) in [5.74, 6) is -0.460. The Labute approximate surface area is 139 Å². The van der Waals surface area contributed by atoms with Crippen LogP contribution in [0.25, 0.3) is 0 Å². The standard InChI is InChI=1S/C17H20N4O3/c1-12(14-7-6-13-4-2-3-5-15(13)8-14)19-17(22)10-20-9-16(18-11-20)21(23)24/h6-9,11-12H,2-5,10H2,1H3,(H,19,22)/t12-/m0/s1. The Kier molecular flexibility index (Phi) is 4.59. The first-order valence-corrected chi connectivity index (χ1v) is 8.10. The van der Waals surface area contributed by atoms with Crippen LogP contribution < -0.4 is 5.32 Å². The van der Waals surface area contributed by atoms with E-state index in [4.69, 9.17) is 0 Å². The first-order chi connectivity index (χ1) is 11.5. The zero-order valence-corrected chi connectivity index (χ0v) is 13.6. The summed E-state index contributed by atoms with van der Waals surface area (Å²) in [4.78, 5) is 25.8. The van der Waals surface area contributed by atoms with Gasteiger partial charge in [0.2, 0.25) is 12.2 Å². The molecule has 1 aromatic carbocycles. The molecule has 0 spiro atoms. The first-order valence-electron chi connectivity index (χ1n) is 8.10. The molecule has 1 heterocycles. The van der Waals surface area contributed by atoms with E-state index in [1.54, 1.807) is 0 Å². The molecule has 1 aliphatic rings. The van der Waals surface area contributed by atoms with Crippen LogP contribution in [-0.4, -0.2) is 20.4 Å². The van der Waals surface area contributed by atoms with Crippen molar-refractivity contribution in [3.63, 3.8) is 0 Å². The zero-order chi connectivity index (χ0) is 17.1. The summed E-state index contributed by atoms with van der Waals surface area (Å²) in [6.45, 7) is 1.95. The first kappa shape index (κ1) is 16.2. The highest BCUT2D eigenvalue weighted by atomic mass is 16.6. The molecule has 1 atom stereocenters. The van der Waals surface area contributed by atoms with Crippen LogP contribution in [0.15, 0.2) is 30.7 Å². The predicted molar refractivity (Wildman–Crippen MR) is 88.5 cm³/mol. The van der Waals surface area contributed by atoms with Crippen molar-refractivity contribution >= 4 is 11.7 Å². The molecule has 7 nitrogen and oxygen atoms in total. The van der Waals surface area contributed by atoms with E-state index >= 15 is 0 Å². The molecule has 0 saturated carbocycles. The van der Waals surface area contributed by atoms with Crippen LogP contribution in [0.2, 0.25) is 0 Å². The minimum Gasteiger partial charge on any atom is -0.358 e. The van der Waals surface area contributed by atoms with Crippen LogP contribution >= 0.6 is 0 Å². The number of nitrogens with one attached hydrogen (secondary N) is 1. The number of nitrogens with zero attached hydrogens (tertiary/aromatic N) is 3. The van der Waals surface area contributed by atoms with Gasteiger partial charge in [-0.25, -0.2) is 0 Å². The monoisotopic (exact) mass is 328 g/mol. The molecule has 126 valence electrons. The van der Waals surface area contributed by atoms with Crippen LogP contribution in [-0.2, 0) is 24.2 Å². The van der Waals surface area contributed by atoms with Crippen LogP contribution in [0.3, 0.4) is 0 Å². The van der Waals surface area contributed by atoms with E-state index in [0.29, 0.717) is 0 Å². The van der Waals surface area contributed by atoms with Gasteiger partial charge in [-0.05, 0) is 59.2 Å². The maximum Gasteiger partial charge on any atom is 0.381 e. The molecule has 0 saturated heterocycles. The maximum atomic E-state index is 12.1. The van der Waals surface area contributed by atoms with Gasteiger partial charge in [-0.2, -0.15) is 0 Å². The number of fused-ring (bicyclic) bond motifs is 1. The number of aryl methyl sites for hydroxylation is 2. The topological polar surface area (TPSA) is 90.1 Å². The second-order valence-electron chi connectivity index (χ2n) is 6.19. The summed E-state index contributed by atoms with van der Waals surface area (Å²) in [5, 5.41) is 13.5. The second kappa shape index (κ2) is 6.82. The average molecular weight is 328 g/mol. The highest BCUT2D eigenvalue weighted by molar-refractivity contribution is 5.76. The zero-order valence-electron chi connectivity index (χ0n) is 13.6. The van der Waals surface area contributed by atoms with E-state index in [2.05, 4.69) is 28.5 Å². The summed E-state index contributed by atoms with van der Waals surface area (Å²) in [7, 11) is 0. The van der Waals surface area contributed by atoms with Gasteiger partial charge in [0.05, 0.1) is 6.04 Å². The third kappa shape index (κ3) is 3.61. The lowest BCUT2D eigenvalue weighted by Crippen LogP contribution is -2.30. The largest absolute Gasteiger partial charge is 0.381 e. The molecule has 1 amide bonds. The number of carbonyl (C=O) groups excluding carboxylic acids is 1. The third-order valence-electron chi connectivity index (χ3n) is 4.38. The Bertz CT molecular complexity index is 769. The van der Waals surface area contributed by atoms with Gasteiger partial charge in [0.25, 0.3) is 0 Å². The van der Waals surface area contributed by atoms with Crippen molar-refractivity contribution in [2.45, 2.75) is 45.2 Å². The highest BCUT2D eigenvalue weighted by Crippen LogP contribution is 2.24. The number of nitro groups is 1. The number of hydrogen-bond donors (Lipinski definition) is 1. The second-order valence-corrected chi connectivity index (χ2v) is 6.19. The summed E-state index contributed by atoms with van der Waals surface area (Å²) < 4.78 is 1.41. The molecule has 0 unspecified atom stereocenters. The Balaban J connectivity index is 1.62. The lowest BCUT2D eigenvalue weighted by Gasteiger charge is -2.20. The molecule has 0 radical (unpaired) electrons. The minimum absolute atomic E-state index is 0.0100. The van der Waals surface area contributed by atoms with Crippen LogP contribution in [0, 0.1) is 10.1 Å². The normalized spacial score (nSPS) is 14.7. The van der Waals surface area contributed by atoms with Gasteiger partial charge in [-0.15, -0.1) is 0 Å². The predicted octanol–water partition coefficient (Wildman–Crippen LogP) is 2.55. The quantitative estimate of drug-likeness (QED) is 0.674. The van der Waals surface area contributed by atoms with Crippen molar-refractivity contribution < 1.29 is 9.72 Å². The van der Waals surface area contributed by atoms with E-state index in [1.807, 2.05) is 6.92 Å². The SMILES string of the molecule is C[C@H](NC(=O)Cn1cnc([N+](=O)[O-])c1)c1ccc2c(c1)CCCC2. The van der Waals surface area contributed by atoms with E-state index in [1.165, 1.54) is 41.1 Å².